The molecule has 0 saturated carbocycles. The van der Waals surface area contributed by atoms with Gasteiger partial charge in [0, 0.05) is 5.38 Å². The van der Waals surface area contributed by atoms with Crippen LogP contribution >= 0.6 is 22.9 Å². The number of hydrogen-bond acceptors (Lipinski definition) is 3. The number of ether oxygens (including phenoxy) is 1. The van der Waals surface area contributed by atoms with Gasteiger partial charge in [-0.25, -0.2) is 4.98 Å². The highest BCUT2D eigenvalue weighted by Crippen LogP contribution is 2.15. The van der Waals surface area contributed by atoms with Gasteiger partial charge in [-0.3, -0.25) is 0 Å². The van der Waals surface area contributed by atoms with Gasteiger partial charge < -0.3 is 4.74 Å². The van der Waals surface area contributed by atoms with Gasteiger partial charge in [0.25, 0.3) is 0 Å². The quantitative estimate of drug-likeness (QED) is 0.550. The normalized spacial score (nSPS) is 10.6. The van der Waals surface area contributed by atoms with Crippen molar-refractivity contribution < 1.29 is 4.74 Å². The molecule has 0 fully saturated rings. The lowest BCUT2D eigenvalue weighted by Gasteiger charge is -2.05. The first-order valence-electron chi connectivity index (χ1n) is 6.46. The third-order valence-corrected chi connectivity index (χ3v) is 4.04. The Bertz CT molecular complexity index is 495. The van der Waals surface area contributed by atoms with E-state index in [4.69, 9.17) is 16.3 Å². The molecule has 2 aromatic rings. The minimum Gasteiger partial charge on any atom is -0.494 e. The van der Waals surface area contributed by atoms with Gasteiger partial charge in [0.2, 0.25) is 0 Å². The topological polar surface area (TPSA) is 22.1 Å². The molecule has 0 aliphatic heterocycles. The number of aryl methyl sites for hydroxylation is 2. The van der Waals surface area contributed by atoms with Crippen LogP contribution in [0.5, 0.6) is 5.75 Å². The largest absolute Gasteiger partial charge is 0.494 e. The van der Waals surface area contributed by atoms with Crippen LogP contribution in [0, 0.1) is 6.92 Å². The second kappa shape index (κ2) is 7.51. The van der Waals surface area contributed by atoms with Crippen molar-refractivity contribution in [1.29, 1.82) is 0 Å². The molecular weight excluding hydrogens is 278 g/mol. The molecule has 0 aliphatic carbocycles. The number of aromatic nitrogens is 1. The number of nitrogens with zero attached hydrogens (tertiary/aromatic N) is 1. The Hall–Kier alpha value is -1.06. The number of rotatable bonds is 7. The summed E-state index contributed by atoms with van der Waals surface area (Å²) >= 11 is 7.42. The van der Waals surface area contributed by atoms with Crippen LogP contribution in [-0.4, -0.2) is 11.6 Å². The molecule has 0 bridgehead atoms. The van der Waals surface area contributed by atoms with Crippen LogP contribution in [-0.2, 0) is 12.3 Å². The Morgan fingerprint density at radius 1 is 1.21 bits per heavy atom. The maximum absolute atomic E-state index is 5.73. The first-order valence-corrected chi connectivity index (χ1v) is 7.88. The van der Waals surface area contributed by atoms with Crippen molar-refractivity contribution in [2.75, 3.05) is 6.61 Å². The molecule has 19 heavy (non-hydrogen) atoms. The van der Waals surface area contributed by atoms with Crippen molar-refractivity contribution in [1.82, 2.24) is 4.98 Å². The summed E-state index contributed by atoms with van der Waals surface area (Å²) in [4.78, 5) is 4.44. The molecule has 2 rings (SSSR count). The van der Waals surface area contributed by atoms with E-state index in [1.54, 1.807) is 11.3 Å². The summed E-state index contributed by atoms with van der Waals surface area (Å²) in [5.41, 5.74) is 2.24. The van der Waals surface area contributed by atoms with Gasteiger partial charge >= 0.3 is 0 Å². The number of benzene rings is 1. The molecule has 0 aliphatic rings. The number of unbranched alkanes of at least 4 members (excludes halogenated alkanes) is 1. The summed E-state index contributed by atoms with van der Waals surface area (Å²) in [6.07, 6.45) is 3.16. The molecule has 1 heterocycles. The van der Waals surface area contributed by atoms with Crippen LogP contribution < -0.4 is 4.74 Å². The fourth-order valence-electron chi connectivity index (χ4n) is 1.73. The third-order valence-electron chi connectivity index (χ3n) is 2.81. The van der Waals surface area contributed by atoms with Gasteiger partial charge in [-0.15, -0.1) is 22.9 Å². The van der Waals surface area contributed by atoms with Crippen LogP contribution in [0.2, 0.25) is 0 Å². The molecule has 4 heteroatoms. The van der Waals surface area contributed by atoms with Crippen LogP contribution in [0.4, 0.5) is 0 Å². The Morgan fingerprint density at radius 2 is 2.00 bits per heavy atom. The van der Waals surface area contributed by atoms with Gasteiger partial charge in [-0.05, 0) is 38.3 Å². The zero-order chi connectivity index (χ0) is 13.5. The van der Waals surface area contributed by atoms with Gasteiger partial charge in [0.15, 0.2) is 0 Å². The maximum atomic E-state index is 5.73. The van der Waals surface area contributed by atoms with Crippen molar-refractivity contribution in [3.05, 3.63) is 45.9 Å². The lowest BCUT2D eigenvalue weighted by molar-refractivity contribution is 0.307. The van der Waals surface area contributed by atoms with Crippen LogP contribution in [0.1, 0.15) is 29.1 Å². The molecule has 102 valence electrons. The van der Waals surface area contributed by atoms with E-state index in [0.29, 0.717) is 5.88 Å². The average molecular weight is 296 g/mol. The fourth-order valence-corrected chi connectivity index (χ4v) is 2.80. The van der Waals surface area contributed by atoms with Crippen LogP contribution in [0.25, 0.3) is 0 Å². The molecule has 0 spiro atoms. The summed E-state index contributed by atoms with van der Waals surface area (Å²) in [6, 6.07) is 8.17. The zero-order valence-corrected chi connectivity index (χ0v) is 12.6. The average Bonchev–Trinajstić information content (AvgIpc) is 2.88. The Labute approximate surface area is 123 Å². The van der Waals surface area contributed by atoms with Gasteiger partial charge in [-0.2, -0.15) is 0 Å². The van der Waals surface area contributed by atoms with Gasteiger partial charge in [-0.1, -0.05) is 17.7 Å². The number of hydrogen-bond donors (Lipinski definition) is 0. The van der Waals surface area contributed by atoms with Crippen molar-refractivity contribution in [3.63, 3.8) is 0 Å². The van der Waals surface area contributed by atoms with Crippen LogP contribution in [0.15, 0.2) is 29.6 Å². The van der Waals surface area contributed by atoms with E-state index >= 15 is 0 Å². The fraction of sp³-hybridized carbons (Fsp3) is 0.400. The van der Waals surface area contributed by atoms with Gasteiger partial charge in [0.1, 0.15) is 5.75 Å². The van der Waals surface area contributed by atoms with Crippen molar-refractivity contribution >= 4 is 22.9 Å². The predicted molar refractivity (Wildman–Crippen MR) is 81.3 cm³/mol. The molecule has 0 unspecified atom stereocenters. The first-order chi connectivity index (χ1) is 9.28. The van der Waals surface area contributed by atoms with Crippen LogP contribution in [0.3, 0.4) is 0 Å². The monoisotopic (exact) mass is 295 g/mol. The van der Waals surface area contributed by atoms with E-state index in [2.05, 4.69) is 24.0 Å². The molecule has 0 saturated heterocycles. The Morgan fingerprint density at radius 3 is 2.68 bits per heavy atom. The highest BCUT2D eigenvalue weighted by atomic mass is 35.5. The van der Waals surface area contributed by atoms with Crippen molar-refractivity contribution in [2.45, 2.75) is 32.1 Å². The summed E-state index contributed by atoms with van der Waals surface area (Å²) in [5, 5.41) is 3.21. The smallest absolute Gasteiger partial charge is 0.119 e. The second-order valence-electron chi connectivity index (χ2n) is 4.48. The van der Waals surface area contributed by atoms with E-state index in [0.717, 1.165) is 37.3 Å². The summed E-state index contributed by atoms with van der Waals surface area (Å²) < 4.78 is 5.69. The van der Waals surface area contributed by atoms with E-state index < -0.39 is 0 Å². The lowest BCUT2D eigenvalue weighted by Crippen LogP contribution is -1.98. The number of thiazole rings is 1. The predicted octanol–water partition coefficient (Wildman–Crippen LogP) is 4.59. The second-order valence-corrected chi connectivity index (χ2v) is 5.69. The van der Waals surface area contributed by atoms with E-state index in [-0.39, 0.29) is 0 Å². The standard InChI is InChI=1S/C15H18ClNOS/c1-12-5-7-14(8-6-12)18-9-3-2-4-15-17-13(10-16)11-19-15/h5-8,11H,2-4,9-10H2,1H3. The minimum atomic E-state index is 0.507. The third kappa shape index (κ3) is 4.84. The lowest BCUT2D eigenvalue weighted by atomic mass is 10.2. The zero-order valence-electron chi connectivity index (χ0n) is 11.1. The maximum Gasteiger partial charge on any atom is 0.119 e. The molecule has 0 N–H and O–H groups in total. The molecule has 0 amide bonds. The summed E-state index contributed by atoms with van der Waals surface area (Å²) in [6.45, 7) is 2.84. The molecule has 1 aromatic heterocycles. The molecule has 1 aromatic carbocycles. The van der Waals surface area contributed by atoms with E-state index in [1.807, 2.05) is 17.5 Å². The molecule has 0 atom stereocenters. The molecule has 0 radical (unpaired) electrons. The number of halogens is 1. The Balaban J connectivity index is 1.63. The number of alkyl halides is 1. The summed E-state index contributed by atoms with van der Waals surface area (Å²) in [7, 11) is 0. The highest BCUT2D eigenvalue weighted by molar-refractivity contribution is 7.09. The van der Waals surface area contributed by atoms with Gasteiger partial charge in [0.05, 0.1) is 23.2 Å². The molecule has 2 nitrogen and oxygen atoms in total. The molecular formula is C15H18ClNOS. The SMILES string of the molecule is Cc1ccc(OCCCCc2nc(CCl)cs2)cc1. The Kier molecular flexibility index (Phi) is 5.67. The van der Waals surface area contributed by atoms with Crippen molar-refractivity contribution in [2.24, 2.45) is 0 Å². The highest BCUT2D eigenvalue weighted by Gasteiger charge is 2.01. The van der Waals surface area contributed by atoms with E-state index in [1.165, 1.54) is 10.6 Å². The van der Waals surface area contributed by atoms with E-state index in [9.17, 15) is 0 Å². The first kappa shape index (κ1) is 14.4. The van der Waals surface area contributed by atoms with Crippen molar-refractivity contribution in [3.8, 4) is 5.75 Å². The summed E-state index contributed by atoms with van der Waals surface area (Å²) in [5.74, 6) is 1.46. The minimum absolute atomic E-state index is 0.507.